The minimum absolute atomic E-state index is 0.00174. The first kappa shape index (κ1) is 22.9. The maximum atomic E-state index is 12.3. The van der Waals surface area contributed by atoms with Crippen LogP contribution in [0.4, 0.5) is 0 Å². The standard InChI is InChI=1S/C31H31N3O/c1-23-17-19-25(20-18-23)31(35)32-21-8-2-3-16-30-33-28-14-6-7-15-29(28)34(30)22-26-12-9-11-24-10-4-5-13-27(24)26/h4-7,9-15,17-20H,2-3,8,16,21-22H2,1H3,(H,32,35). The number of hydrogen-bond acceptors (Lipinski definition) is 2. The van der Waals surface area contributed by atoms with E-state index < -0.39 is 0 Å². The molecule has 0 fully saturated rings. The number of rotatable bonds is 9. The van der Waals surface area contributed by atoms with Gasteiger partial charge in [-0.15, -0.1) is 0 Å². The maximum Gasteiger partial charge on any atom is 0.251 e. The van der Waals surface area contributed by atoms with E-state index in [0.717, 1.165) is 54.7 Å². The Hall–Kier alpha value is -3.92. The molecule has 0 saturated heterocycles. The number of para-hydroxylation sites is 2. The van der Waals surface area contributed by atoms with Crippen molar-refractivity contribution in [3.63, 3.8) is 0 Å². The molecule has 1 N–H and O–H groups in total. The average molecular weight is 462 g/mol. The topological polar surface area (TPSA) is 46.9 Å². The van der Waals surface area contributed by atoms with Crippen LogP contribution >= 0.6 is 0 Å². The summed E-state index contributed by atoms with van der Waals surface area (Å²) in [5.74, 6) is 1.13. The van der Waals surface area contributed by atoms with Gasteiger partial charge < -0.3 is 9.88 Å². The lowest BCUT2D eigenvalue weighted by Crippen LogP contribution is -2.24. The van der Waals surface area contributed by atoms with E-state index >= 15 is 0 Å². The van der Waals surface area contributed by atoms with Crippen LogP contribution in [0.15, 0.2) is 91.0 Å². The van der Waals surface area contributed by atoms with Crippen LogP contribution in [0.3, 0.4) is 0 Å². The summed E-state index contributed by atoms with van der Waals surface area (Å²) in [5.41, 5.74) is 5.42. The number of benzene rings is 4. The molecule has 1 amide bonds. The Kier molecular flexibility index (Phi) is 6.89. The minimum atomic E-state index is 0.00174. The summed E-state index contributed by atoms with van der Waals surface area (Å²) < 4.78 is 2.37. The molecule has 176 valence electrons. The lowest BCUT2D eigenvalue weighted by molar-refractivity contribution is 0.0953. The molecule has 1 aromatic heterocycles. The second kappa shape index (κ2) is 10.6. The fourth-order valence-electron chi connectivity index (χ4n) is 4.69. The largest absolute Gasteiger partial charge is 0.352 e. The molecule has 4 aromatic carbocycles. The molecule has 35 heavy (non-hydrogen) atoms. The van der Waals surface area contributed by atoms with Crippen LogP contribution in [-0.2, 0) is 13.0 Å². The van der Waals surface area contributed by atoms with Crippen molar-refractivity contribution < 1.29 is 4.79 Å². The number of imidazole rings is 1. The zero-order chi connectivity index (χ0) is 24.0. The van der Waals surface area contributed by atoms with Crippen LogP contribution in [0, 0.1) is 6.92 Å². The normalized spacial score (nSPS) is 11.2. The minimum Gasteiger partial charge on any atom is -0.352 e. The van der Waals surface area contributed by atoms with Gasteiger partial charge >= 0.3 is 0 Å². The van der Waals surface area contributed by atoms with Crippen molar-refractivity contribution in [2.75, 3.05) is 6.54 Å². The van der Waals surface area contributed by atoms with Crippen LogP contribution in [0.1, 0.15) is 46.6 Å². The predicted octanol–water partition coefficient (Wildman–Crippen LogP) is 6.69. The molecule has 0 aliphatic heterocycles. The first-order chi connectivity index (χ1) is 17.2. The Morgan fingerprint density at radius 1 is 0.829 bits per heavy atom. The number of nitrogens with zero attached hydrogens (tertiary/aromatic N) is 2. The van der Waals surface area contributed by atoms with Crippen LogP contribution in [0.2, 0.25) is 0 Å². The molecule has 0 aliphatic carbocycles. The van der Waals surface area contributed by atoms with Crippen molar-refractivity contribution >= 4 is 27.7 Å². The lowest BCUT2D eigenvalue weighted by Gasteiger charge is -2.12. The summed E-state index contributed by atoms with van der Waals surface area (Å²) in [6.45, 7) is 3.53. The molecular formula is C31H31N3O. The molecule has 0 unspecified atom stereocenters. The van der Waals surface area contributed by atoms with E-state index in [2.05, 4.69) is 76.6 Å². The van der Waals surface area contributed by atoms with Gasteiger partial charge in [-0.1, -0.05) is 78.7 Å². The number of unbranched alkanes of at least 4 members (excludes halogenated alkanes) is 2. The summed E-state index contributed by atoms with van der Waals surface area (Å²) in [4.78, 5) is 17.3. The Morgan fingerprint density at radius 3 is 2.49 bits per heavy atom. The van der Waals surface area contributed by atoms with Crippen molar-refractivity contribution in [3.05, 3.63) is 114 Å². The van der Waals surface area contributed by atoms with E-state index in [4.69, 9.17) is 4.98 Å². The van der Waals surface area contributed by atoms with Gasteiger partial charge in [0.25, 0.3) is 5.91 Å². The third-order valence-electron chi connectivity index (χ3n) is 6.62. The van der Waals surface area contributed by atoms with Crippen molar-refractivity contribution in [3.8, 4) is 0 Å². The molecule has 0 saturated carbocycles. The molecule has 5 aromatic rings. The Morgan fingerprint density at radius 2 is 1.60 bits per heavy atom. The summed E-state index contributed by atoms with van der Waals surface area (Å²) in [6, 6.07) is 31.2. The smallest absolute Gasteiger partial charge is 0.251 e. The molecule has 0 atom stereocenters. The molecule has 5 rings (SSSR count). The van der Waals surface area contributed by atoms with Gasteiger partial charge in [0.1, 0.15) is 5.82 Å². The van der Waals surface area contributed by atoms with Gasteiger partial charge in [-0.2, -0.15) is 0 Å². The number of aromatic nitrogens is 2. The predicted molar refractivity (Wildman–Crippen MR) is 144 cm³/mol. The molecule has 0 radical (unpaired) electrons. The number of nitrogens with one attached hydrogen (secondary N) is 1. The number of carbonyl (C=O) groups excluding carboxylic acids is 1. The van der Waals surface area contributed by atoms with E-state index in [1.54, 1.807) is 0 Å². The van der Waals surface area contributed by atoms with Crippen molar-refractivity contribution in [1.29, 1.82) is 0 Å². The van der Waals surface area contributed by atoms with Gasteiger partial charge in [0.15, 0.2) is 0 Å². The van der Waals surface area contributed by atoms with Gasteiger partial charge in [-0.05, 0) is 60.4 Å². The van der Waals surface area contributed by atoms with Gasteiger partial charge in [0, 0.05) is 25.1 Å². The van der Waals surface area contributed by atoms with Gasteiger partial charge in [-0.25, -0.2) is 4.98 Å². The monoisotopic (exact) mass is 461 g/mol. The van der Waals surface area contributed by atoms with Crippen molar-refractivity contribution in [2.24, 2.45) is 0 Å². The van der Waals surface area contributed by atoms with Gasteiger partial charge in [-0.3, -0.25) is 4.79 Å². The summed E-state index contributed by atoms with van der Waals surface area (Å²) in [5, 5.41) is 5.60. The Balaban J connectivity index is 1.22. The third-order valence-corrected chi connectivity index (χ3v) is 6.62. The van der Waals surface area contributed by atoms with Gasteiger partial charge in [0.2, 0.25) is 0 Å². The van der Waals surface area contributed by atoms with E-state index in [1.807, 2.05) is 31.2 Å². The van der Waals surface area contributed by atoms with E-state index in [-0.39, 0.29) is 5.91 Å². The highest BCUT2D eigenvalue weighted by atomic mass is 16.1. The van der Waals surface area contributed by atoms with Crippen LogP contribution in [0.25, 0.3) is 21.8 Å². The fourth-order valence-corrected chi connectivity index (χ4v) is 4.69. The van der Waals surface area contributed by atoms with Crippen LogP contribution < -0.4 is 5.32 Å². The summed E-state index contributed by atoms with van der Waals surface area (Å²) >= 11 is 0. The van der Waals surface area contributed by atoms with Crippen molar-refractivity contribution in [2.45, 2.75) is 39.2 Å². The first-order valence-electron chi connectivity index (χ1n) is 12.4. The van der Waals surface area contributed by atoms with E-state index in [9.17, 15) is 4.79 Å². The third kappa shape index (κ3) is 5.27. The SMILES string of the molecule is Cc1ccc(C(=O)NCCCCCc2nc3ccccc3n2Cc2cccc3ccccc23)cc1. The highest BCUT2D eigenvalue weighted by Crippen LogP contribution is 2.24. The summed E-state index contributed by atoms with van der Waals surface area (Å²) in [7, 11) is 0. The molecule has 1 heterocycles. The maximum absolute atomic E-state index is 12.3. The van der Waals surface area contributed by atoms with Crippen LogP contribution in [-0.4, -0.2) is 22.0 Å². The fraction of sp³-hybridized carbons (Fsp3) is 0.226. The van der Waals surface area contributed by atoms with Gasteiger partial charge in [0.05, 0.1) is 11.0 Å². The number of carbonyl (C=O) groups is 1. The second-order valence-corrected chi connectivity index (χ2v) is 9.17. The second-order valence-electron chi connectivity index (χ2n) is 9.17. The Bertz CT molecular complexity index is 1440. The highest BCUT2D eigenvalue weighted by Gasteiger charge is 2.12. The first-order valence-corrected chi connectivity index (χ1v) is 12.4. The van der Waals surface area contributed by atoms with E-state index in [1.165, 1.54) is 21.9 Å². The molecule has 0 aliphatic rings. The van der Waals surface area contributed by atoms with Crippen molar-refractivity contribution in [1.82, 2.24) is 14.9 Å². The average Bonchev–Trinajstić information content (AvgIpc) is 3.23. The molecule has 0 spiro atoms. The lowest BCUT2D eigenvalue weighted by atomic mass is 10.0. The zero-order valence-electron chi connectivity index (χ0n) is 20.2. The number of fused-ring (bicyclic) bond motifs is 2. The number of aryl methyl sites for hydroxylation is 2. The number of hydrogen-bond donors (Lipinski definition) is 1. The molecule has 0 bridgehead atoms. The quantitative estimate of drug-likeness (QED) is 0.249. The zero-order valence-corrected chi connectivity index (χ0v) is 20.2. The number of amides is 1. The van der Waals surface area contributed by atoms with E-state index in [0.29, 0.717) is 6.54 Å². The molecule has 4 heteroatoms. The Labute approximate surface area is 206 Å². The van der Waals surface area contributed by atoms with Crippen LogP contribution in [0.5, 0.6) is 0 Å². The molecular weight excluding hydrogens is 430 g/mol. The molecule has 4 nitrogen and oxygen atoms in total. The highest BCUT2D eigenvalue weighted by molar-refractivity contribution is 5.94. The summed E-state index contributed by atoms with van der Waals surface area (Å²) in [6.07, 6.45) is 3.97.